The zero-order valence-corrected chi connectivity index (χ0v) is 16.9. The molecular weight excluding hydrogens is 398 g/mol. The minimum atomic E-state index is -3.86. The van der Waals surface area contributed by atoms with E-state index in [4.69, 9.17) is 9.56 Å². The Balaban J connectivity index is 1.71. The standard InChI is InChI=1S/C19H21N3O4S2/c1-14-6-7-15(10-18(14)28(20,24)25)21-19(23)13-22(11-16-4-2-8-26-16)12-17-5-3-9-27-17/h2-10H,11-13H2,1H3,(H,21,23)(H2,20,24,25). The fraction of sp³-hybridized carbons (Fsp3) is 0.211. The Morgan fingerprint density at radius 1 is 1.21 bits per heavy atom. The number of rotatable bonds is 8. The third kappa shape index (κ3) is 5.52. The van der Waals surface area contributed by atoms with Crippen LogP contribution in [0, 0.1) is 6.92 Å². The number of sulfonamides is 1. The maximum atomic E-state index is 12.6. The second-order valence-electron chi connectivity index (χ2n) is 6.38. The molecule has 0 saturated carbocycles. The van der Waals surface area contributed by atoms with E-state index in [1.807, 2.05) is 28.5 Å². The summed E-state index contributed by atoms with van der Waals surface area (Å²) in [5.41, 5.74) is 0.909. The molecule has 7 nitrogen and oxygen atoms in total. The number of amides is 1. The number of carbonyl (C=O) groups excluding carboxylic acids is 1. The van der Waals surface area contributed by atoms with Crippen LogP contribution in [0.5, 0.6) is 0 Å². The van der Waals surface area contributed by atoms with Crippen LogP contribution in [0.3, 0.4) is 0 Å². The zero-order chi connectivity index (χ0) is 20.1. The number of benzene rings is 1. The van der Waals surface area contributed by atoms with Gasteiger partial charge in [-0.3, -0.25) is 9.69 Å². The molecule has 2 aromatic heterocycles. The van der Waals surface area contributed by atoms with E-state index in [9.17, 15) is 13.2 Å². The van der Waals surface area contributed by atoms with Gasteiger partial charge in [-0.05, 0) is 48.2 Å². The van der Waals surface area contributed by atoms with Crippen molar-refractivity contribution < 1.29 is 17.6 Å². The lowest BCUT2D eigenvalue weighted by atomic mass is 10.2. The van der Waals surface area contributed by atoms with Gasteiger partial charge in [0, 0.05) is 17.1 Å². The highest BCUT2D eigenvalue weighted by molar-refractivity contribution is 7.89. The van der Waals surface area contributed by atoms with Crippen LogP contribution in [0.4, 0.5) is 5.69 Å². The minimum absolute atomic E-state index is 0.00340. The second kappa shape index (κ2) is 8.70. The van der Waals surface area contributed by atoms with Gasteiger partial charge in [0.15, 0.2) is 0 Å². The van der Waals surface area contributed by atoms with Gasteiger partial charge in [-0.1, -0.05) is 12.1 Å². The third-order valence-corrected chi connectivity index (χ3v) is 5.98. The highest BCUT2D eigenvalue weighted by Crippen LogP contribution is 2.19. The number of thiophene rings is 1. The van der Waals surface area contributed by atoms with Crippen molar-refractivity contribution in [3.63, 3.8) is 0 Å². The molecule has 3 N–H and O–H groups in total. The van der Waals surface area contributed by atoms with Gasteiger partial charge in [-0.25, -0.2) is 13.6 Å². The summed E-state index contributed by atoms with van der Waals surface area (Å²) < 4.78 is 28.7. The molecule has 28 heavy (non-hydrogen) atoms. The molecule has 0 spiro atoms. The molecule has 148 valence electrons. The van der Waals surface area contributed by atoms with E-state index in [-0.39, 0.29) is 17.3 Å². The Labute approximate surface area is 167 Å². The lowest BCUT2D eigenvalue weighted by Gasteiger charge is -2.20. The summed E-state index contributed by atoms with van der Waals surface area (Å²) >= 11 is 1.62. The molecule has 1 aromatic carbocycles. The van der Waals surface area contributed by atoms with E-state index in [2.05, 4.69) is 5.32 Å². The first-order chi connectivity index (χ1) is 13.3. The number of nitrogens with zero attached hydrogens (tertiary/aromatic N) is 1. The number of nitrogens with two attached hydrogens (primary N) is 1. The summed E-state index contributed by atoms with van der Waals surface area (Å²) in [6.45, 7) is 2.85. The van der Waals surface area contributed by atoms with Gasteiger partial charge in [0.25, 0.3) is 0 Å². The molecule has 0 fully saturated rings. The van der Waals surface area contributed by atoms with Crippen LogP contribution >= 0.6 is 11.3 Å². The molecule has 0 unspecified atom stereocenters. The number of carbonyl (C=O) groups is 1. The molecule has 0 aliphatic rings. The number of primary sulfonamides is 1. The van der Waals surface area contributed by atoms with Crippen LogP contribution in [0.25, 0.3) is 0 Å². The molecule has 3 rings (SSSR count). The largest absolute Gasteiger partial charge is 0.468 e. The summed E-state index contributed by atoms with van der Waals surface area (Å²) in [6, 6.07) is 12.3. The van der Waals surface area contributed by atoms with Crippen molar-refractivity contribution in [2.24, 2.45) is 5.14 Å². The van der Waals surface area contributed by atoms with Crippen molar-refractivity contribution in [3.05, 3.63) is 70.3 Å². The van der Waals surface area contributed by atoms with Gasteiger partial charge in [0.05, 0.1) is 24.2 Å². The normalized spacial score (nSPS) is 11.7. The molecule has 9 heteroatoms. The van der Waals surface area contributed by atoms with Crippen molar-refractivity contribution in [1.82, 2.24) is 4.90 Å². The van der Waals surface area contributed by atoms with E-state index in [0.717, 1.165) is 10.6 Å². The number of aryl methyl sites for hydroxylation is 1. The smallest absolute Gasteiger partial charge is 0.238 e. The van der Waals surface area contributed by atoms with Crippen molar-refractivity contribution in [2.45, 2.75) is 24.9 Å². The highest BCUT2D eigenvalue weighted by Gasteiger charge is 2.16. The monoisotopic (exact) mass is 419 g/mol. The Morgan fingerprint density at radius 3 is 2.68 bits per heavy atom. The molecule has 1 amide bonds. The molecule has 0 bridgehead atoms. The summed E-state index contributed by atoms with van der Waals surface area (Å²) in [5, 5.41) is 9.96. The summed E-state index contributed by atoms with van der Waals surface area (Å²) in [7, 11) is -3.86. The Bertz CT molecular complexity index is 993. The first-order valence-corrected chi connectivity index (χ1v) is 10.9. The maximum Gasteiger partial charge on any atom is 0.238 e. The van der Waals surface area contributed by atoms with Crippen LogP contribution in [-0.4, -0.2) is 25.8 Å². The van der Waals surface area contributed by atoms with E-state index < -0.39 is 10.0 Å². The SMILES string of the molecule is Cc1ccc(NC(=O)CN(Cc2ccco2)Cc2cccs2)cc1S(N)(=O)=O. The molecule has 0 aliphatic heterocycles. The molecule has 0 saturated heterocycles. The molecule has 0 radical (unpaired) electrons. The minimum Gasteiger partial charge on any atom is -0.468 e. The van der Waals surface area contributed by atoms with Gasteiger partial charge in [-0.2, -0.15) is 0 Å². The number of nitrogens with one attached hydrogen (secondary N) is 1. The third-order valence-electron chi connectivity index (χ3n) is 4.06. The van der Waals surface area contributed by atoms with E-state index in [1.165, 1.54) is 6.07 Å². The summed E-state index contributed by atoms with van der Waals surface area (Å²) in [6.07, 6.45) is 1.60. The van der Waals surface area contributed by atoms with Crippen LogP contribution < -0.4 is 10.5 Å². The Kier molecular flexibility index (Phi) is 6.30. The molecule has 0 atom stereocenters. The zero-order valence-electron chi connectivity index (χ0n) is 15.3. The van der Waals surface area contributed by atoms with Crippen LogP contribution in [0.2, 0.25) is 0 Å². The first kappa shape index (κ1) is 20.3. The van der Waals surface area contributed by atoms with Crippen LogP contribution in [-0.2, 0) is 27.9 Å². The van der Waals surface area contributed by atoms with E-state index in [1.54, 1.807) is 42.7 Å². The van der Waals surface area contributed by atoms with E-state index >= 15 is 0 Å². The summed E-state index contributed by atoms with van der Waals surface area (Å²) in [4.78, 5) is 15.6. The van der Waals surface area contributed by atoms with Gasteiger partial charge in [-0.15, -0.1) is 11.3 Å². The predicted octanol–water partition coefficient (Wildman–Crippen LogP) is 2.94. The number of furan rings is 1. The fourth-order valence-electron chi connectivity index (χ4n) is 2.80. The average molecular weight is 420 g/mol. The van der Waals surface area contributed by atoms with Crippen molar-refractivity contribution in [3.8, 4) is 0 Å². The molecule has 0 aliphatic carbocycles. The Morgan fingerprint density at radius 2 is 2.04 bits per heavy atom. The van der Waals surface area contributed by atoms with Gasteiger partial charge in [0.2, 0.25) is 15.9 Å². The molecule has 2 heterocycles. The van der Waals surface area contributed by atoms with Crippen LogP contribution in [0.1, 0.15) is 16.2 Å². The van der Waals surface area contributed by atoms with Crippen molar-refractivity contribution in [2.75, 3.05) is 11.9 Å². The maximum absolute atomic E-state index is 12.6. The first-order valence-electron chi connectivity index (χ1n) is 8.51. The Hall–Kier alpha value is -2.46. The number of hydrogen-bond acceptors (Lipinski definition) is 6. The quantitative estimate of drug-likeness (QED) is 0.584. The average Bonchev–Trinajstić information content (AvgIpc) is 3.29. The van der Waals surface area contributed by atoms with Crippen molar-refractivity contribution >= 4 is 33.0 Å². The highest BCUT2D eigenvalue weighted by atomic mass is 32.2. The lowest BCUT2D eigenvalue weighted by Crippen LogP contribution is -2.32. The lowest BCUT2D eigenvalue weighted by molar-refractivity contribution is -0.117. The van der Waals surface area contributed by atoms with Gasteiger partial charge < -0.3 is 9.73 Å². The summed E-state index contributed by atoms with van der Waals surface area (Å²) in [5.74, 6) is 0.503. The topological polar surface area (TPSA) is 106 Å². The van der Waals surface area contributed by atoms with Gasteiger partial charge >= 0.3 is 0 Å². The molecular formula is C19H21N3O4S2. The number of hydrogen-bond donors (Lipinski definition) is 2. The van der Waals surface area contributed by atoms with Crippen LogP contribution in [0.15, 0.2) is 63.4 Å². The van der Waals surface area contributed by atoms with Crippen molar-refractivity contribution in [1.29, 1.82) is 0 Å². The predicted molar refractivity (Wildman–Crippen MR) is 108 cm³/mol. The molecule has 3 aromatic rings. The van der Waals surface area contributed by atoms with Gasteiger partial charge in [0.1, 0.15) is 5.76 Å². The van der Waals surface area contributed by atoms with E-state index in [0.29, 0.717) is 24.3 Å². The number of anilines is 1. The fourth-order valence-corrected chi connectivity index (χ4v) is 4.36. The second-order valence-corrected chi connectivity index (χ2v) is 8.94.